The van der Waals surface area contributed by atoms with E-state index in [4.69, 9.17) is 16.7 Å². The van der Waals surface area contributed by atoms with Gasteiger partial charge in [-0.2, -0.15) is 0 Å². The van der Waals surface area contributed by atoms with Crippen LogP contribution in [0, 0.1) is 0 Å². The number of hydrogen-bond donors (Lipinski definition) is 2. The molecule has 2 rings (SSSR count). The lowest BCUT2D eigenvalue weighted by molar-refractivity contribution is 0.284. The fraction of sp³-hybridized carbons (Fsp3) is 0.455. The van der Waals surface area contributed by atoms with E-state index in [1.54, 1.807) is 0 Å². The molecule has 1 aromatic rings. The number of benzene rings is 1. The third-order valence-electron chi connectivity index (χ3n) is 2.76. The largest absolute Gasteiger partial charge is 0.395 e. The van der Waals surface area contributed by atoms with Crippen LogP contribution in [0.1, 0.15) is 23.6 Å². The van der Waals surface area contributed by atoms with Crippen LogP contribution in [0.5, 0.6) is 0 Å². The first-order valence-electron chi connectivity index (χ1n) is 5.04. The predicted octanol–water partition coefficient (Wildman–Crippen LogP) is 2.67. The third kappa shape index (κ3) is 2.36. The summed E-state index contributed by atoms with van der Waals surface area (Å²) in [5.74, 6) is 0. The van der Waals surface area contributed by atoms with Crippen molar-refractivity contribution in [2.45, 2.75) is 18.9 Å². The molecule has 0 amide bonds. The minimum atomic E-state index is 0.174. The van der Waals surface area contributed by atoms with Crippen LogP contribution in [-0.4, -0.2) is 18.3 Å². The van der Waals surface area contributed by atoms with E-state index < -0.39 is 0 Å². The van der Waals surface area contributed by atoms with Crippen LogP contribution >= 0.6 is 27.5 Å². The molecule has 0 bridgehead atoms. The van der Waals surface area contributed by atoms with Crippen LogP contribution in [0.3, 0.4) is 0 Å². The lowest BCUT2D eigenvalue weighted by Crippen LogP contribution is -2.22. The summed E-state index contributed by atoms with van der Waals surface area (Å²) < 4.78 is 1.10. The van der Waals surface area contributed by atoms with Crippen LogP contribution < -0.4 is 5.32 Å². The van der Waals surface area contributed by atoms with E-state index in [0.29, 0.717) is 12.6 Å². The van der Waals surface area contributed by atoms with Crippen molar-refractivity contribution in [1.82, 2.24) is 5.32 Å². The highest BCUT2D eigenvalue weighted by atomic mass is 79.9. The van der Waals surface area contributed by atoms with Gasteiger partial charge in [-0.05, 0) is 36.1 Å². The van der Waals surface area contributed by atoms with Crippen molar-refractivity contribution >= 4 is 27.5 Å². The molecule has 82 valence electrons. The molecule has 0 saturated carbocycles. The fourth-order valence-corrected chi connectivity index (χ4v) is 3.13. The highest BCUT2D eigenvalue weighted by Crippen LogP contribution is 2.37. The van der Waals surface area contributed by atoms with Gasteiger partial charge in [-0.25, -0.2) is 0 Å². The van der Waals surface area contributed by atoms with Crippen molar-refractivity contribution in [3.8, 4) is 0 Å². The maximum atomic E-state index is 8.79. The predicted molar refractivity (Wildman–Crippen MR) is 65.3 cm³/mol. The summed E-state index contributed by atoms with van der Waals surface area (Å²) in [7, 11) is 0. The topological polar surface area (TPSA) is 32.3 Å². The number of aliphatic hydroxyl groups is 1. The number of hydrogen-bond acceptors (Lipinski definition) is 2. The minimum absolute atomic E-state index is 0.174. The second kappa shape index (κ2) is 4.83. The lowest BCUT2D eigenvalue weighted by atomic mass is 10.1. The number of rotatable bonds is 3. The normalized spacial score (nSPS) is 19.3. The molecule has 0 fully saturated rings. The quantitative estimate of drug-likeness (QED) is 0.897. The van der Waals surface area contributed by atoms with Gasteiger partial charge in [0.1, 0.15) is 0 Å². The molecular weight excluding hydrogens is 277 g/mol. The van der Waals surface area contributed by atoms with E-state index >= 15 is 0 Å². The molecule has 0 saturated heterocycles. The Hall–Kier alpha value is -0.0900. The van der Waals surface area contributed by atoms with Crippen LogP contribution in [0.2, 0.25) is 5.02 Å². The first-order chi connectivity index (χ1) is 7.22. The summed E-state index contributed by atoms with van der Waals surface area (Å²) in [6.07, 6.45) is 2.14. The van der Waals surface area contributed by atoms with Crippen LogP contribution in [0.25, 0.3) is 0 Å². The molecule has 4 heteroatoms. The molecule has 1 aromatic carbocycles. The SMILES string of the molecule is OCCNC1CCc2c(Br)cc(Cl)cc21. The molecule has 15 heavy (non-hydrogen) atoms. The van der Waals surface area contributed by atoms with Gasteiger partial charge in [0.2, 0.25) is 0 Å². The molecule has 2 N–H and O–H groups in total. The Morgan fingerprint density at radius 1 is 1.53 bits per heavy atom. The molecule has 0 heterocycles. The number of fused-ring (bicyclic) bond motifs is 1. The number of nitrogens with one attached hydrogen (secondary N) is 1. The standard InChI is InChI=1S/C11H13BrClNO/c12-10-6-7(13)5-9-8(10)1-2-11(9)14-3-4-15/h5-6,11,14-15H,1-4H2. The van der Waals surface area contributed by atoms with Crippen molar-refractivity contribution in [2.75, 3.05) is 13.2 Å². The van der Waals surface area contributed by atoms with E-state index in [-0.39, 0.29) is 6.61 Å². The van der Waals surface area contributed by atoms with Gasteiger partial charge in [0.05, 0.1) is 6.61 Å². The van der Waals surface area contributed by atoms with Gasteiger partial charge >= 0.3 is 0 Å². The summed E-state index contributed by atoms with van der Waals surface area (Å²) in [5.41, 5.74) is 2.61. The van der Waals surface area contributed by atoms with Crippen LogP contribution in [0.4, 0.5) is 0 Å². The van der Waals surface area contributed by atoms with E-state index in [1.165, 1.54) is 11.1 Å². The van der Waals surface area contributed by atoms with E-state index in [9.17, 15) is 0 Å². The lowest BCUT2D eigenvalue weighted by Gasteiger charge is -2.13. The average molecular weight is 291 g/mol. The molecular formula is C11H13BrClNO. The maximum absolute atomic E-state index is 8.79. The fourth-order valence-electron chi connectivity index (χ4n) is 2.09. The molecule has 1 atom stereocenters. The number of halogens is 2. The Bertz CT molecular complexity index is 370. The highest BCUT2D eigenvalue weighted by Gasteiger charge is 2.24. The Kier molecular flexibility index (Phi) is 3.67. The molecule has 0 aromatic heterocycles. The van der Waals surface area contributed by atoms with E-state index in [1.807, 2.05) is 12.1 Å². The average Bonchev–Trinajstić information content (AvgIpc) is 2.58. The van der Waals surface area contributed by atoms with Crippen molar-refractivity contribution in [1.29, 1.82) is 0 Å². The monoisotopic (exact) mass is 289 g/mol. The number of aliphatic hydroxyl groups excluding tert-OH is 1. The van der Waals surface area contributed by atoms with Crippen molar-refractivity contribution in [3.63, 3.8) is 0 Å². The minimum Gasteiger partial charge on any atom is -0.395 e. The molecule has 0 aliphatic heterocycles. The van der Waals surface area contributed by atoms with Gasteiger partial charge in [-0.1, -0.05) is 27.5 Å². The highest BCUT2D eigenvalue weighted by molar-refractivity contribution is 9.10. The zero-order valence-corrected chi connectivity index (χ0v) is 10.6. The smallest absolute Gasteiger partial charge is 0.0556 e. The van der Waals surface area contributed by atoms with Gasteiger partial charge in [-0.3, -0.25) is 0 Å². The van der Waals surface area contributed by atoms with Gasteiger partial charge in [0.25, 0.3) is 0 Å². The molecule has 2 nitrogen and oxygen atoms in total. The van der Waals surface area contributed by atoms with Crippen molar-refractivity contribution in [3.05, 3.63) is 32.8 Å². The summed E-state index contributed by atoms with van der Waals surface area (Å²) in [4.78, 5) is 0. The summed E-state index contributed by atoms with van der Waals surface area (Å²) in [6.45, 7) is 0.807. The zero-order valence-electron chi connectivity index (χ0n) is 8.26. The van der Waals surface area contributed by atoms with Crippen molar-refractivity contribution in [2.24, 2.45) is 0 Å². The van der Waals surface area contributed by atoms with Crippen molar-refractivity contribution < 1.29 is 5.11 Å². The van der Waals surface area contributed by atoms with Gasteiger partial charge < -0.3 is 10.4 Å². The second-order valence-corrected chi connectivity index (χ2v) is 5.02. The van der Waals surface area contributed by atoms with Crippen LogP contribution in [-0.2, 0) is 6.42 Å². The molecule has 1 aliphatic carbocycles. The first kappa shape index (κ1) is 11.4. The maximum Gasteiger partial charge on any atom is 0.0556 e. The molecule has 0 radical (unpaired) electrons. The van der Waals surface area contributed by atoms with E-state index in [2.05, 4.69) is 21.2 Å². The Balaban J connectivity index is 2.25. The zero-order chi connectivity index (χ0) is 10.8. The van der Waals surface area contributed by atoms with E-state index in [0.717, 1.165) is 22.3 Å². The van der Waals surface area contributed by atoms with Crippen LogP contribution in [0.15, 0.2) is 16.6 Å². The second-order valence-electron chi connectivity index (χ2n) is 3.72. The third-order valence-corrected chi connectivity index (χ3v) is 3.68. The Labute approximate surface area is 103 Å². The molecule has 1 aliphatic rings. The summed E-state index contributed by atoms with van der Waals surface area (Å²) in [5, 5.41) is 12.9. The summed E-state index contributed by atoms with van der Waals surface area (Å²) in [6, 6.07) is 4.29. The molecule has 1 unspecified atom stereocenters. The summed E-state index contributed by atoms with van der Waals surface area (Å²) >= 11 is 9.55. The Morgan fingerprint density at radius 3 is 3.07 bits per heavy atom. The molecule has 0 spiro atoms. The Morgan fingerprint density at radius 2 is 2.33 bits per heavy atom. The van der Waals surface area contributed by atoms with Gasteiger partial charge in [0, 0.05) is 22.1 Å². The first-order valence-corrected chi connectivity index (χ1v) is 6.21. The van der Waals surface area contributed by atoms with Gasteiger partial charge in [-0.15, -0.1) is 0 Å². The van der Waals surface area contributed by atoms with Gasteiger partial charge in [0.15, 0.2) is 0 Å².